The van der Waals surface area contributed by atoms with Gasteiger partial charge in [-0.2, -0.15) is 0 Å². The first-order chi connectivity index (χ1) is 45.9. The van der Waals surface area contributed by atoms with Gasteiger partial charge in [-0.05, 0) is 361 Å². The number of aliphatic hydroxyl groups is 6. The maximum absolute atomic E-state index is 12.7. The molecular formula is C87H144O12Rn. The third kappa shape index (κ3) is 10.7. The molecule has 0 aromatic carbocycles. The van der Waals surface area contributed by atoms with Crippen molar-refractivity contribution in [1.82, 2.24) is 0 Å². The van der Waals surface area contributed by atoms with E-state index < -0.39 is 28.9 Å². The van der Waals surface area contributed by atoms with Gasteiger partial charge in [-0.1, -0.05) is 104 Å². The fraction of sp³-hybridized carbons (Fsp3) is 0.966. The summed E-state index contributed by atoms with van der Waals surface area (Å²) in [7, 11) is 0. The van der Waals surface area contributed by atoms with Crippen molar-refractivity contribution in [2.24, 2.45) is 165 Å². The van der Waals surface area contributed by atoms with E-state index in [4.69, 9.17) is 4.74 Å². The summed E-state index contributed by atoms with van der Waals surface area (Å²) in [6.45, 7) is 42.1. The number of aliphatic carboxylic acids is 2. The average Bonchev–Trinajstić information content (AvgIpc) is 0.885. The van der Waals surface area contributed by atoms with Crippen LogP contribution in [0.2, 0.25) is 0 Å². The Bertz CT molecular complexity index is 3090. The Morgan fingerprint density at radius 1 is 0.370 bits per heavy atom. The molecule has 15 rings (SSSR count). The second-order valence-corrected chi connectivity index (χ2v) is 43.1. The molecule has 12 nitrogen and oxygen atoms in total. The van der Waals surface area contributed by atoms with E-state index in [1.165, 1.54) is 57.8 Å². The van der Waals surface area contributed by atoms with Gasteiger partial charge in [0, 0.05) is 77.8 Å². The van der Waals surface area contributed by atoms with Crippen molar-refractivity contribution in [2.45, 2.75) is 353 Å². The maximum atomic E-state index is 12.7. The maximum Gasteiger partial charge on any atom is 0.309 e. The summed E-state index contributed by atoms with van der Waals surface area (Å²) in [5, 5.41) is 84.8. The van der Waals surface area contributed by atoms with Crippen LogP contribution in [0.3, 0.4) is 0 Å². The number of carboxylic acids is 2. The van der Waals surface area contributed by atoms with Crippen molar-refractivity contribution in [3.63, 3.8) is 0 Å². The van der Waals surface area contributed by atoms with E-state index in [1.807, 2.05) is 13.8 Å². The first-order valence-corrected chi connectivity index (χ1v) is 41.5. The average molecular weight is 1600 g/mol. The molecule has 0 aromatic heterocycles. The SMILES string of the molecule is CC(=O)C1CCC2(C(=O)O)CCC3(C)C(CCC4[C@@]5(C)CCC(O)C(C)(C)C5CC[C@]43C)C12.CC(O)C1CCC2(C(=O)O)CCC3(C)C(CCC4[C@@]5(C)CCC(O)C(C)(C)C5CC[C@]43C)C12.CC(O)C1CCC2(OCO)CCC3(C)C(CCC4[C@@]5(C)CCC(O)C(C)(C)C5CC[C@]43C)C12.[Rn]. The van der Waals surface area contributed by atoms with Gasteiger partial charge in [0.25, 0.3) is 0 Å². The predicted molar refractivity (Wildman–Crippen MR) is 388 cm³/mol. The van der Waals surface area contributed by atoms with E-state index in [2.05, 4.69) is 104 Å². The molecule has 32 atom stereocenters. The number of ketones is 1. The van der Waals surface area contributed by atoms with Crippen LogP contribution in [0.1, 0.15) is 317 Å². The molecule has 0 heterocycles. The number of fused-ring (bicyclic) bond motifs is 21. The minimum absolute atomic E-state index is 0. The van der Waals surface area contributed by atoms with Crippen molar-refractivity contribution in [3.05, 3.63) is 0 Å². The zero-order valence-corrected chi connectivity index (χ0v) is 68.8. The molecule has 15 aliphatic carbocycles. The van der Waals surface area contributed by atoms with Crippen LogP contribution >= 0.6 is 0 Å². The van der Waals surface area contributed by atoms with Crippen LogP contribution in [0.4, 0.5) is 0 Å². The van der Waals surface area contributed by atoms with Gasteiger partial charge in [0.2, 0.25) is 0 Å². The Morgan fingerprint density at radius 3 is 1.06 bits per heavy atom. The zero-order chi connectivity index (χ0) is 72.4. The summed E-state index contributed by atoms with van der Waals surface area (Å²) in [5.74, 6) is 4.53. The molecule has 15 aliphatic rings. The Hall–Kier alpha value is 0.447. The van der Waals surface area contributed by atoms with Gasteiger partial charge in [0.1, 0.15) is 12.6 Å². The Labute approximate surface area is 667 Å². The minimum atomic E-state index is -0.693. The summed E-state index contributed by atoms with van der Waals surface area (Å²) < 4.78 is 6.20. The number of carbonyl (C=O) groups is 3. The molecule has 0 bridgehead atoms. The van der Waals surface area contributed by atoms with Crippen LogP contribution in [-0.2, 0) is 19.1 Å². The Morgan fingerprint density at radius 2 is 0.700 bits per heavy atom. The van der Waals surface area contributed by atoms with Gasteiger partial charge in [-0.3, -0.25) is 14.4 Å². The van der Waals surface area contributed by atoms with Crippen molar-refractivity contribution >= 4 is 17.7 Å². The third-order valence-corrected chi connectivity index (χ3v) is 40.2. The van der Waals surface area contributed by atoms with Crippen molar-refractivity contribution in [1.29, 1.82) is 0 Å². The van der Waals surface area contributed by atoms with E-state index in [0.717, 1.165) is 128 Å². The summed E-state index contributed by atoms with van der Waals surface area (Å²) in [5.41, 5.74) is 0.126. The van der Waals surface area contributed by atoms with Crippen molar-refractivity contribution in [2.75, 3.05) is 6.79 Å². The molecule has 15 fully saturated rings. The van der Waals surface area contributed by atoms with Crippen LogP contribution in [0.25, 0.3) is 0 Å². The molecule has 13 heteroatoms. The first-order valence-electron chi connectivity index (χ1n) is 41.5. The summed E-state index contributed by atoms with van der Waals surface area (Å²) in [4.78, 5) is 38.1. The number of hydrogen-bond donors (Lipinski definition) is 8. The largest absolute Gasteiger partial charge is 0.481 e. The van der Waals surface area contributed by atoms with Gasteiger partial charge >= 0.3 is 11.9 Å². The van der Waals surface area contributed by atoms with Crippen LogP contribution in [0.5, 0.6) is 0 Å². The molecular weight excluding hydrogens is 1460 g/mol. The second-order valence-electron chi connectivity index (χ2n) is 43.1. The van der Waals surface area contributed by atoms with E-state index >= 15 is 0 Å². The number of hydrogen-bond acceptors (Lipinski definition) is 10. The molecule has 100 heavy (non-hydrogen) atoms. The van der Waals surface area contributed by atoms with E-state index in [-0.39, 0.29) is 204 Å². The molecule has 0 radical (unpaired) electrons. The Balaban J connectivity index is 0.000000141. The van der Waals surface area contributed by atoms with E-state index in [9.17, 15) is 55.2 Å². The Kier molecular flexibility index (Phi) is 21.0. The van der Waals surface area contributed by atoms with E-state index in [0.29, 0.717) is 71.0 Å². The summed E-state index contributed by atoms with van der Waals surface area (Å²) in [6, 6.07) is 0. The van der Waals surface area contributed by atoms with E-state index in [1.54, 1.807) is 6.92 Å². The van der Waals surface area contributed by atoms with Gasteiger partial charge < -0.3 is 45.6 Å². The molecule has 0 amide bonds. The fourth-order valence-corrected chi connectivity index (χ4v) is 34.4. The fourth-order valence-electron chi connectivity index (χ4n) is 34.4. The second kappa shape index (κ2) is 26.3. The molecule has 8 N–H and O–H groups in total. The van der Waals surface area contributed by atoms with Crippen LogP contribution in [0.15, 0.2) is 0 Å². The van der Waals surface area contributed by atoms with Gasteiger partial charge in [0.05, 0.1) is 47.0 Å². The molecule has 0 aromatic rings. The van der Waals surface area contributed by atoms with Gasteiger partial charge in [0.15, 0.2) is 0 Å². The van der Waals surface area contributed by atoms with Gasteiger partial charge in [-0.15, -0.1) is 0 Å². The third-order valence-electron chi connectivity index (χ3n) is 40.2. The number of aliphatic hydroxyl groups excluding tert-OH is 6. The topological polar surface area (TPSA) is 222 Å². The number of Topliss-reactive ketones (excluding diaryl/α,β-unsaturated/α-hetero) is 1. The molecule has 0 saturated heterocycles. The summed E-state index contributed by atoms with van der Waals surface area (Å²) >= 11 is 0. The number of carboxylic acid groups (broad SMARTS) is 2. The monoisotopic (exact) mass is 1600 g/mol. The van der Waals surface area contributed by atoms with Gasteiger partial charge in [-0.25, -0.2) is 0 Å². The number of carbonyl (C=O) groups excluding carboxylic acids is 1. The van der Waals surface area contributed by atoms with Crippen molar-refractivity contribution in [3.8, 4) is 0 Å². The van der Waals surface area contributed by atoms with Crippen LogP contribution < -0.4 is 0 Å². The molecule has 26 unspecified atom stereocenters. The normalized spacial score (nSPS) is 55.2. The zero-order valence-electron chi connectivity index (χ0n) is 66.0. The molecule has 0 spiro atoms. The summed E-state index contributed by atoms with van der Waals surface area (Å²) in [6.07, 6.45) is 29.5. The smallest absolute Gasteiger partial charge is 0.309 e. The molecule has 572 valence electrons. The van der Waals surface area contributed by atoms with Crippen LogP contribution in [0, 0.1) is 236 Å². The molecule has 0 aliphatic heterocycles. The first kappa shape index (κ1) is 80.0. The minimum Gasteiger partial charge on any atom is -0.481 e. The molecule has 15 saturated carbocycles. The van der Waals surface area contributed by atoms with Crippen molar-refractivity contribution < 1.29 is 132 Å². The number of rotatable bonds is 7. The quantitative estimate of drug-likeness (QED) is 0.112. The number of ether oxygens (including phenoxy) is 1. The predicted octanol–water partition coefficient (Wildman–Crippen LogP) is 17.5. The van der Waals surface area contributed by atoms with Crippen LogP contribution in [-0.4, -0.2) is 101 Å². The standard InChI is InChI=1S/C29H50O4.C29H48O4.C29H46O4.Rn/c1-18(31)19-9-14-29(33-17-30)16-15-27(5)20(24(19)29)7-8-22-26(4)12-11-23(32)25(2,3)21(26)10-13-28(22,27)6;2*1-17(30)18-9-14-29(24(32)33)16-15-27(5)19(23(18)29)7-8-21-26(4)12-11-22(31)25(2,3)20(26)10-13-28(21,27)6;/h18-24,30-32H,7-17H2,1-6H3;17-23,30-31H,7-16H2,1-6H3,(H,32,33);18-23,31H,7-16H2,1-6H3,(H,32,33);/t18?,19?,20?,21?,22?,23?,24?,26-,27?,28+,29?;17?,18?,19?,20?,21?,22?,23?,26-,27?,28+,29?;18?,19?,20?,21?,22?,23?,26-,27?,28+,29?;/m000./s1.